The summed E-state index contributed by atoms with van der Waals surface area (Å²) >= 11 is 0. The number of hydrogen-bond acceptors (Lipinski definition) is 21. The SMILES string of the molecule is CCCO[C@@H]1O[C@H](COS(=O)(=O)[O-])[C@@H](O[C@@H]2O[C@H](COS(=O)(=O)[O-])[C@H](O)[C@H](O)[C@H]2O)[C@H](O[C@@H]2O[C@@H](C)[C@@H](O)[C@@H](O)[C@@H]2O)[C@H]1O.[Na+].[Na+]. The largest absolute Gasteiger partial charge is 1.00 e. The van der Waals surface area contributed by atoms with Crippen LogP contribution in [0.2, 0.25) is 0 Å². The molecule has 3 aliphatic heterocycles. The quantitative estimate of drug-likeness (QED) is 0.0524. The molecule has 0 radical (unpaired) electrons. The number of rotatable bonds is 13. The summed E-state index contributed by atoms with van der Waals surface area (Å²) in [7, 11) is -10.7. The van der Waals surface area contributed by atoms with Crippen LogP contribution in [-0.4, -0.2) is 174 Å². The van der Waals surface area contributed by atoms with Crippen LogP contribution in [0.3, 0.4) is 0 Å². The second-order valence-electron chi connectivity index (χ2n) is 10.2. The maximum Gasteiger partial charge on any atom is 1.00 e. The van der Waals surface area contributed by atoms with Crippen LogP contribution < -0.4 is 59.1 Å². The summed E-state index contributed by atoms with van der Waals surface area (Å²) in [6.45, 7) is 0.692. The normalized spacial score (nSPS) is 42.1. The smallest absolute Gasteiger partial charge is 0.726 e. The molecular weight excluding hydrogens is 698 g/mol. The first-order valence-electron chi connectivity index (χ1n) is 13.2. The molecule has 3 fully saturated rings. The second-order valence-corrected chi connectivity index (χ2v) is 12.3. The van der Waals surface area contributed by atoms with Gasteiger partial charge < -0.3 is 73.3 Å². The minimum atomic E-state index is -5.37. The Labute approximate surface area is 308 Å². The van der Waals surface area contributed by atoms with Gasteiger partial charge in [0.25, 0.3) is 0 Å². The Bertz CT molecular complexity index is 1130. The van der Waals surface area contributed by atoms with E-state index in [-0.39, 0.29) is 65.7 Å². The van der Waals surface area contributed by atoms with E-state index in [0.717, 1.165) is 0 Å². The van der Waals surface area contributed by atoms with Gasteiger partial charge in [-0.25, -0.2) is 16.8 Å². The van der Waals surface area contributed by atoms with E-state index in [1.54, 1.807) is 6.92 Å². The topological polar surface area (TPSA) is 330 Å². The molecule has 15 atom stereocenters. The molecule has 0 amide bonds. The zero-order chi connectivity index (χ0) is 33.1. The van der Waals surface area contributed by atoms with E-state index in [2.05, 4.69) is 8.37 Å². The molecule has 46 heavy (non-hydrogen) atoms. The molecule has 21 nitrogen and oxygen atoms in total. The molecule has 0 bridgehead atoms. The first-order chi connectivity index (χ1) is 20.3. The van der Waals surface area contributed by atoms with Gasteiger partial charge in [0.1, 0.15) is 67.1 Å². The predicted octanol–water partition coefficient (Wildman–Crippen LogP) is -12.1. The van der Waals surface area contributed by atoms with Crippen LogP contribution in [0.1, 0.15) is 20.3 Å². The molecule has 0 aliphatic carbocycles. The third-order valence-electron chi connectivity index (χ3n) is 6.91. The van der Waals surface area contributed by atoms with Crippen LogP contribution in [0.4, 0.5) is 0 Å². The number of hydrogen-bond donors (Lipinski definition) is 7. The van der Waals surface area contributed by atoms with E-state index in [1.165, 1.54) is 6.92 Å². The maximum absolute atomic E-state index is 11.3. The van der Waals surface area contributed by atoms with E-state index >= 15 is 0 Å². The van der Waals surface area contributed by atoms with Crippen molar-refractivity contribution < 1.29 is 158 Å². The molecular formula is C21H36Na2O21S2. The van der Waals surface area contributed by atoms with Crippen LogP contribution >= 0.6 is 0 Å². The molecule has 0 aromatic carbocycles. The third kappa shape index (κ3) is 12.2. The molecule has 7 N–H and O–H groups in total. The van der Waals surface area contributed by atoms with Crippen molar-refractivity contribution in [3.8, 4) is 0 Å². The summed E-state index contributed by atoms with van der Waals surface area (Å²) in [5.74, 6) is 0. The van der Waals surface area contributed by atoms with E-state index in [1.807, 2.05) is 0 Å². The Morgan fingerprint density at radius 3 is 1.59 bits per heavy atom. The Balaban J connectivity index is 0.00000529. The number of aliphatic hydroxyl groups is 7. The van der Waals surface area contributed by atoms with Gasteiger partial charge in [-0.2, -0.15) is 0 Å². The van der Waals surface area contributed by atoms with E-state index in [4.69, 9.17) is 28.4 Å². The van der Waals surface area contributed by atoms with Gasteiger partial charge >= 0.3 is 59.1 Å². The standard InChI is InChI=1S/C21H38O21S2.2Na/c1-3-4-35-19-16(28)18(42-20-14(26)12(24)10(22)7(2)38-20)17(9(40-19)6-37-44(32,33)34)41-21-15(27)13(25)11(23)8(39-21)5-36-43(29,30)31;;/h7-28H,3-6H2,1-2H3,(H,29,30,31)(H,32,33,34);;/q;2*+1/p-2/t7-,8+,9+,10+,11-,12+,13-,14-,15+,16+,17+,18+,19+,20-,21-;;/m0../s1. The molecule has 0 unspecified atom stereocenters. The van der Waals surface area contributed by atoms with Crippen LogP contribution in [0.15, 0.2) is 0 Å². The molecule has 0 aromatic heterocycles. The number of aliphatic hydroxyl groups excluding tert-OH is 7. The van der Waals surface area contributed by atoms with Crippen molar-refractivity contribution in [2.24, 2.45) is 0 Å². The molecule has 0 aromatic rings. The molecule has 0 saturated carbocycles. The van der Waals surface area contributed by atoms with Gasteiger partial charge in [0.05, 0.1) is 19.3 Å². The fourth-order valence-electron chi connectivity index (χ4n) is 4.62. The second kappa shape index (κ2) is 19.2. The van der Waals surface area contributed by atoms with Gasteiger partial charge in [-0.05, 0) is 13.3 Å². The number of ether oxygens (including phenoxy) is 6. The van der Waals surface area contributed by atoms with Gasteiger partial charge in [-0.1, -0.05) is 6.92 Å². The van der Waals surface area contributed by atoms with Gasteiger partial charge in [0, 0.05) is 6.61 Å². The minimum absolute atomic E-state index is 0. The zero-order valence-electron chi connectivity index (χ0n) is 25.2. The monoisotopic (exact) mass is 734 g/mol. The Morgan fingerprint density at radius 1 is 0.609 bits per heavy atom. The Hall–Kier alpha value is 1.22. The third-order valence-corrected chi connectivity index (χ3v) is 7.76. The van der Waals surface area contributed by atoms with Crippen molar-refractivity contribution in [2.75, 3.05) is 19.8 Å². The van der Waals surface area contributed by atoms with Gasteiger partial charge in [-0.3, -0.25) is 8.37 Å². The van der Waals surface area contributed by atoms with Crippen molar-refractivity contribution >= 4 is 20.8 Å². The van der Waals surface area contributed by atoms with Gasteiger partial charge in [0.15, 0.2) is 18.9 Å². The maximum atomic E-state index is 11.3. The first kappa shape index (κ1) is 45.2. The van der Waals surface area contributed by atoms with Crippen LogP contribution in [0, 0.1) is 0 Å². The molecule has 3 aliphatic rings. The summed E-state index contributed by atoms with van der Waals surface area (Å²) in [6.07, 6.45) is -27.1. The summed E-state index contributed by atoms with van der Waals surface area (Å²) in [6, 6.07) is 0. The average Bonchev–Trinajstić information content (AvgIpc) is 2.93. The molecule has 260 valence electrons. The van der Waals surface area contributed by atoms with E-state index in [0.29, 0.717) is 6.42 Å². The van der Waals surface area contributed by atoms with Crippen molar-refractivity contribution in [3.05, 3.63) is 0 Å². The van der Waals surface area contributed by atoms with Crippen molar-refractivity contribution in [1.29, 1.82) is 0 Å². The zero-order valence-corrected chi connectivity index (χ0v) is 30.8. The van der Waals surface area contributed by atoms with Crippen LogP contribution in [0.25, 0.3) is 0 Å². The summed E-state index contributed by atoms with van der Waals surface area (Å²) in [5.41, 5.74) is 0. The Kier molecular flexibility index (Phi) is 18.9. The molecule has 3 rings (SSSR count). The fourth-order valence-corrected chi connectivity index (χ4v) is 5.22. The summed E-state index contributed by atoms with van der Waals surface area (Å²) in [4.78, 5) is 0. The van der Waals surface area contributed by atoms with Crippen molar-refractivity contribution in [2.45, 2.75) is 112 Å². The fraction of sp³-hybridized carbons (Fsp3) is 1.00. The van der Waals surface area contributed by atoms with Crippen molar-refractivity contribution in [3.63, 3.8) is 0 Å². The molecule has 25 heteroatoms. The minimum Gasteiger partial charge on any atom is -0.726 e. The Morgan fingerprint density at radius 2 is 1.07 bits per heavy atom. The summed E-state index contributed by atoms with van der Waals surface area (Å²) < 4.78 is 108. The van der Waals surface area contributed by atoms with Crippen LogP contribution in [0.5, 0.6) is 0 Å². The molecule has 3 heterocycles. The molecule has 3 saturated heterocycles. The summed E-state index contributed by atoms with van der Waals surface area (Å²) in [5, 5.41) is 73.0. The first-order valence-corrected chi connectivity index (χ1v) is 15.9. The van der Waals surface area contributed by atoms with Gasteiger partial charge in [0.2, 0.25) is 20.8 Å². The molecule has 0 spiro atoms. The van der Waals surface area contributed by atoms with E-state index < -0.39 is 126 Å². The predicted molar refractivity (Wildman–Crippen MR) is 131 cm³/mol. The van der Waals surface area contributed by atoms with Crippen molar-refractivity contribution in [1.82, 2.24) is 0 Å². The van der Waals surface area contributed by atoms with E-state index in [9.17, 15) is 61.7 Å². The average molecular weight is 735 g/mol. The van der Waals surface area contributed by atoms with Gasteiger partial charge in [-0.15, -0.1) is 0 Å². The van der Waals surface area contributed by atoms with Crippen LogP contribution in [-0.2, 0) is 57.6 Å².